The summed E-state index contributed by atoms with van der Waals surface area (Å²) in [7, 11) is 0. The number of alkyl carbamates (subject to hydrolysis) is 1. The van der Waals surface area contributed by atoms with E-state index in [0.29, 0.717) is 24.3 Å². The van der Waals surface area contributed by atoms with Crippen molar-refractivity contribution < 1.29 is 24.2 Å². The standard InChI is InChI=1S/C32H41N3O5/c1-22-16-17-33-23(2)30(22)39-21-29(37)35-27(19-25-14-10-7-11-15-25)28(36)20-26(18-24-12-8-6-9-13-24)34-31(38)40-32(3,4)5/h6-17,26-28,36H,18-21H2,1-5H3,(H,34,38)(H,35,37)/t26-,27-,28-/m0/s1. The lowest BCUT2D eigenvalue weighted by Gasteiger charge is -2.29. The average molecular weight is 548 g/mol. The smallest absolute Gasteiger partial charge is 0.407 e. The number of aryl methyl sites for hydroxylation is 2. The molecule has 2 amide bonds. The van der Waals surface area contributed by atoms with Crippen LogP contribution in [0.1, 0.15) is 49.6 Å². The number of aliphatic hydroxyl groups is 1. The predicted octanol–water partition coefficient (Wildman–Crippen LogP) is 4.69. The number of pyridine rings is 1. The van der Waals surface area contributed by atoms with Crippen molar-refractivity contribution in [2.24, 2.45) is 0 Å². The Labute approximate surface area is 237 Å². The highest BCUT2D eigenvalue weighted by Gasteiger charge is 2.28. The fourth-order valence-electron chi connectivity index (χ4n) is 4.46. The Bertz CT molecular complexity index is 1210. The van der Waals surface area contributed by atoms with E-state index in [1.807, 2.05) is 80.6 Å². The maximum atomic E-state index is 13.0. The molecule has 0 spiro atoms. The van der Waals surface area contributed by atoms with Crippen LogP contribution in [-0.4, -0.2) is 52.5 Å². The van der Waals surface area contributed by atoms with Crippen LogP contribution >= 0.6 is 0 Å². The van der Waals surface area contributed by atoms with Gasteiger partial charge in [-0.1, -0.05) is 60.7 Å². The summed E-state index contributed by atoms with van der Waals surface area (Å²) in [6.45, 7) is 8.91. The molecule has 3 aromatic rings. The molecular weight excluding hydrogens is 506 g/mol. The number of nitrogens with zero attached hydrogens (tertiary/aromatic N) is 1. The molecular formula is C32H41N3O5. The first-order valence-electron chi connectivity index (χ1n) is 13.6. The summed E-state index contributed by atoms with van der Waals surface area (Å²) in [6.07, 6.45) is 1.28. The first-order chi connectivity index (χ1) is 19.0. The minimum absolute atomic E-state index is 0.202. The van der Waals surface area contributed by atoms with Gasteiger partial charge in [0.25, 0.3) is 5.91 Å². The number of carbonyl (C=O) groups is 2. The molecule has 0 aliphatic rings. The van der Waals surface area contributed by atoms with Gasteiger partial charge in [-0.05, 0) is 76.6 Å². The summed E-state index contributed by atoms with van der Waals surface area (Å²) in [5.41, 5.74) is 2.90. The van der Waals surface area contributed by atoms with Crippen LogP contribution in [0.25, 0.3) is 0 Å². The number of amides is 2. The summed E-state index contributed by atoms with van der Waals surface area (Å²) in [5, 5.41) is 17.3. The highest BCUT2D eigenvalue weighted by Crippen LogP contribution is 2.20. The number of rotatable bonds is 12. The van der Waals surface area contributed by atoms with Crippen molar-refractivity contribution in [3.63, 3.8) is 0 Å². The van der Waals surface area contributed by atoms with Gasteiger partial charge in [0.2, 0.25) is 0 Å². The number of hydrogen-bond donors (Lipinski definition) is 3. The van der Waals surface area contributed by atoms with E-state index in [1.54, 1.807) is 27.0 Å². The van der Waals surface area contributed by atoms with Crippen molar-refractivity contribution in [3.05, 3.63) is 95.3 Å². The van der Waals surface area contributed by atoms with E-state index >= 15 is 0 Å². The van der Waals surface area contributed by atoms with Gasteiger partial charge >= 0.3 is 6.09 Å². The molecule has 40 heavy (non-hydrogen) atoms. The van der Waals surface area contributed by atoms with Gasteiger partial charge in [0.05, 0.1) is 17.8 Å². The predicted molar refractivity (Wildman–Crippen MR) is 155 cm³/mol. The molecule has 0 bridgehead atoms. The Kier molecular flexibility index (Phi) is 11.1. The SMILES string of the molecule is Cc1ccnc(C)c1OCC(=O)N[C@@H](Cc1ccccc1)[C@@H](O)C[C@H](Cc1ccccc1)NC(=O)OC(C)(C)C. The minimum Gasteiger partial charge on any atom is -0.482 e. The number of nitrogens with one attached hydrogen (secondary N) is 2. The highest BCUT2D eigenvalue weighted by molar-refractivity contribution is 5.78. The van der Waals surface area contributed by atoms with Crippen LogP contribution in [0, 0.1) is 13.8 Å². The third-order valence-corrected chi connectivity index (χ3v) is 6.31. The molecule has 214 valence electrons. The molecule has 3 atom stereocenters. The summed E-state index contributed by atoms with van der Waals surface area (Å²) >= 11 is 0. The second-order valence-corrected chi connectivity index (χ2v) is 11.0. The first kappa shape index (κ1) is 30.6. The molecule has 8 heteroatoms. The zero-order valence-corrected chi connectivity index (χ0v) is 24.0. The van der Waals surface area contributed by atoms with Gasteiger partial charge in [-0.2, -0.15) is 0 Å². The van der Waals surface area contributed by atoms with Crippen molar-refractivity contribution in [2.45, 2.75) is 77.7 Å². The Balaban J connectivity index is 1.74. The second kappa shape index (κ2) is 14.5. The second-order valence-electron chi connectivity index (χ2n) is 11.0. The Morgan fingerprint density at radius 1 is 0.900 bits per heavy atom. The molecule has 3 N–H and O–H groups in total. The van der Waals surface area contributed by atoms with Crippen molar-refractivity contribution >= 4 is 12.0 Å². The Hall–Kier alpha value is -3.91. The van der Waals surface area contributed by atoms with E-state index in [0.717, 1.165) is 16.7 Å². The van der Waals surface area contributed by atoms with Gasteiger partial charge in [0, 0.05) is 12.2 Å². The molecule has 8 nitrogen and oxygen atoms in total. The normalized spacial score (nSPS) is 13.6. The summed E-state index contributed by atoms with van der Waals surface area (Å²) in [6, 6.07) is 20.2. The number of aromatic nitrogens is 1. The van der Waals surface area contributed by atoms with Gasteiger partial charge in [-0.3, -0.25) is 9.78 Å². The molecule has 1 heterocycles. The summed E-state index contributed by atoms with van der Waals surface area (Å²) in [4.78, 5) is 29.9. The molecule has 2 aromatic carbocycles. The van der Waals surface area contributed by atoms with E-state index in [1.165, 1.54) is 0 Å². The van der Waals surface area contributed by atoms with E-state index in [-0.39, 0.29) is 18.9 Å². The largest absolute Gasteiger partial charge is 0.482 e. The third kappa shape index (κ3) is 10.3. The van der Waals surface area contributed by atoms with Crippen molar-refractivity contribution in [1.29, 1.82) is 0 Å². The molecule has 0 saturated heterocycles. The van der Waals surface area contributed by atoms with Crippen LogP contribution in [0.5, 0.6) is 5.75 Å². The Morgan fingerprint density at radius 3 is 2.08 bits per heavy atom. The quantitative estimate of drug-likeness (QED) is 0.304. The molecule has 0 fully saturated rings. The fourth-order valence-corrected chi connectivity index (χ4v) is 4.46. The summed E-state index contributed by atoms with van der Waals surface area (Å²) < 4.78 is 11.3. The zero-order chi connectivity index (χ0) is 29.1. The van der Waals surface area contributed by atoms with Crippen LogP contribution in [0.2, 0.25) is 0 Å². The topological polar surface area (TPSA) is 110 Å². The van der Waals surface area contributed by atoms with Crippen LogP contribution in [0.3, 0.4) is 0 Å². The molecule has 1 aromatic heterocycles. The lowest BCUT2D eigenvalue weighted by atomic mass is 9.93. The monoisotopic (exact) mass is 547 g/mol. The van der Waals surface area contributed by atoms with E-state index in [2.05, 4.69) is 15.6 Å². The molecule has 0 unspecified atom stereocenters. The first-order valence-corrected chi connectivity index (χ1v) is 13.6. The molecule has 0 radical (unpaired) electrons. The van der Waals surface area contributed by atoms with Gasteiger partial charge in [0.15, 0.2) is 6.61 Å². The van der Waals surface area contributed by atoms with Gasteiger partial charge in [0.1, 0.15) is 11.4 Å². The van der Waals surface area contributed by atoms with Crippen LogP contribution < -0.4 is 15.4 Å². The number of hydrogen-bond acceptors (Lipinski definition) is 6. The van der Waals surface area contributed by atoms with E-state index < -0.39 is 29.9 Å². The third-order valence-electron chi connectivity index (χ3n) is 6.31. The molecule has 3 rings (SSSR count). The van der Waals surface area contributed by atoms with Crippen molar-refractivity contribution in [3.8, 4) is 5.75 Å². The number of aliphatic hydroxyl groups excluding tert-OH is 1. The maximum absolute atomic E-state index is 13.0. The number of carbonyl (C=O) groups excluding carboxylic acids is 2. The lowest BCUT2D eigenvalue weighted by molar-refractivity contribution is -0.124. The summed E-state index contributed by atoms with van der Waals surface area (Å²) in [5.74, 6) is 0.213. The number of benzene rings is 2. The average Bonchev–Trinajstić information content (AvgIpc) is 2.88. The number of ether oxygens (including phenoxy) is 2. The van der Waals surface area contributed by atoms with Gasteiger partial charge in [-0.25, -0.2) is 4.79 Å². The highest BCUT2D eigenvalue weighted by atomic mass is 16.6. The van der Waals surface area contributed by atoms with Crippen LogP contribution in [0.4, 0.5) is 4.79 Å². The van der Waals surface area contributed by atoms with E-state index in [9.17, 15) is 14.7 Å². The molecule has 0 aliphatic carbocycles. The van der Waals surface area contributed by atoms with Crippen LogP contribution in [0.15, 0.2) is 72.9 Å². The van der Waals surface area contributed by atoms with Crippen molar-refractivity contribution in [1.82, 2.24) is 15.6 Å². The van der Waals surface area contributed by atoms with Crippen molar-refractivity contribution in [2.75, 3.05) is 6.61 Å². The molecule has 0 saturated carbocycles. The maximum Gasteiger partial charge on any atom is 0.407 e. The van der Waals surface area contributed by atoms with Crippen LogP contribution in [-0.2, 0) is 22.4 Å². The zero-order valence-electron chi connectivity index (χ0n) is 24.0. The molecule has 0 aliphatic heterocycles. The fraction of sp³-hybridized carbons (Fsp3) is 0.406. The van der Waals surface area contributed by atoms with Gasteiger partial charge < -0.3 is 25.2 Å². The van der Waals surface area contributed by atoms with Gasteiger partial charge in [-0.15, -0.1) is 0 Å². The Morgan fingerprint density at radius 2 is 1.50 bits per heavy atom. The minimum atomic E-state index is -0.963. The van der Waals surface area contributed by atoms with E-state index in [4.69, 9.17) is 9.47 Å². The lowest BCUT2D eigenvalue weighted by Crippen LogP contribution is -2.50.